The third-order valence-corrected chi connectivity index (χ3v) is 2.69. The molecule has 0 amide bonds. The van der Waals surface area contributed by atoms with Gasteiger partial charge in [0.25, 0.3) is 5.56 Å². The van der Waals surface area contributed by atoms with Gasteiger partial charge in [0.2, 0.25) is 0 Å². The van der Waals surface area contributed by atoms with E-state index in [2.05, 4.69) is 21.2 Å². The van der Waals surface area contributed by atoms with Crippen LogP contribution in [0.5, 0.6) is 0 Å². The molecule has 0 unspecified atom stereocenters. The average molecular weight is 262 g/mol. The van der Waals surface area contributed by atoms with Crippen molar-refractivity contribution in [3.05, 3.63) is 39.4 Å². The lowest BCUT2D eigenvalue weighted by molar-refractivity contribution is 0.671. The van der Waals surface area contributed by atoms with Gasteiger partial charge in [0.1, 0.15) is 5.82 Å². The molecule has 0 aliphatic heterocycles. The van der Waals surface area contributed by atoms with Crippen LogP contribution in [-0.2, 0) is 6.54 Å². The van der Waals surface area contributed by atoms with Crippen LogP contribution in [0.2, 0.25) is 5.02 Å². The van der Waals surface area contributed by atoms with Gasteiger partial charge in [-0.2, -0.15) is 0 Å². The van der Waals surface area contributed by atoms with Crippen molar-refractivity contribution in [2.24, 2.45) is 0 Å². The molecular weight excluding hydrogens is 250 g/mol. The number of fused-ring (bicyclic) bond motifs is 1. The standard InChI is InChI=1S/C13H12ClN3O/c1-2-3-6-15-8-12-16-11-7-9(14)4-5-10(11)13(18)17-12/h1,4-5,7,15H,3,6,8H2,(H,16,17,18). The first-order valence-electron chi connectivity index (χ1n) is 5.53. The Morgan fingerprint density at radius 1 is 1.50 bits per heavy atom. The second kappa shape index (κ2) is 5.67. The van der Waals surface area contributed by atoms with Gasteiger partial charge in [-0.1, -0.05) is 11.6 Å². The fourth-order valence-electron chi connectivity index (χ4n) is 1.61. The van der Waals surface area contributed by atoms with Gasteiger partial charge in [-0.3, -0.25) is 4.79 Å². The van der Waals surface area contributed by atoms with E-state index in [-0.39, 0.29) is 5.56 Å². The summed E-state index contributed by atoms with van der Waals surface area (Å²) in [6.45, 7) is 1.16. The molecule has 4 nitrogen and oxygen atoms in total. The fourth-order valence-corrected chi connectivity index (χ4v) is 1.78. The molecule has 1 heterocycles. The zero-order valence-electron chi connectivity index (χ0n) is 9.66. The van der Waals surface area contributed by atoms with Crippen LogP contribution in [0.15, 0.2) is 23.0 Å². The maximum Gasteiger partial charge on any atom is 0.258 e. The Morgan fingerprint density at radius 2 is 2.33 bits per heavy atom. The highest BCUT2D eigenvalue weighted by Gasteiger charge is 2.03. The largest absolute Gasteiger partial charge is 0.309 e. The molecule has 2 N–H and O–H groups in total. The Balaban J connectivity index is 2.25. The summed E-state index contributed by atoms with van der Waals surface area (Å²) in [4.78, 5) is 18.9. The van der Waals surface area contributed by atoms with Crippen LogP contribution in [0.4, 0.5) is 0 Å². The fraction of sp³-hybridized carbons (Fsp3) is 0.231. The van der Waals surface area contributed by atoms with E-state index < -0.39 is 0 Å². The SMILES string of the molecule is C#CCCNCc1nc2cc(Cl)ccc2c(=O)[nH]1. The summed E-state index contributed by atoms with van der Waals surface area (Å²) in [5.41, 5.74) is 0.436. The molecule has 92 valence electrons. The third-order valence-electron chi connectivity index (χ3n) is 2.46. The van der Waals surface area contributed by atoms with Crippen LogP contribution in [-0.4, -0.2) is 16.5 Å². The van der Waals surface area contributed by atoms with E-state index in [1.165, 1.54) is 0 Å². The highest BCUT2D eigenvalue weighted by Crippen LogP contribution is 2.14. The van der Waals surface area contributed by atoms with Gasteiger partial charge < -0.3 is 10.3 Å². The second-order valence-electron chi connectivity index (χ2n) is 3.80. The minimum atomic E-state index is -0.162. The van der Waals surface area contributed by atoms with Crippen molar-refractivity contribution < 1.29 is 0 Å². The molecule has 0 aliphatic carbocycles. The van der Waals surface area contributed by atoms with Crippen molar-refractivity contribution in [3.63, 3.8) is 0 Å². The number of terminal acetylenes is 1. The van der Waals surface area contributed by atoms with Gasteiger partial charge >= 0.3 is 0 Å². The van der Waals surface area contributed by atoms with E-state index in [0.29, 0.717) is 41.3 Å². The maximum absolute atomic E-state index is 11.8. The minimum Gasteiger partial charge on any atom is -0.309 e. The van der Waals surface area contributed by atoms with E-state index >= 15 is 0 Å². The third kappa shape index (κ3) is 2.89. The number of benzene rings is 1. The molecule has 0 bridgehead atoms. The van der Waals surface area contributed by atoms with Crippen molar-refractivity contribution >= 4 is 22.5 Å². The Bertz CT molecular complexity index is 657. The second-order valence-corrected chi connectivity index (χ2v) is 4.24. The van der Waals surface area contributed by atoms with E-state index in [4.69, 9.17) is 18.0 Å². The highest BCUT2D eigenvalue weighted by atomic mass is 35.5. The minimum absolute atomic E-state index is 0.162. The normalized spacial score (nSPS) is 10.4. The average Bonchev–Trinajstić information content (AvgIpc) is 2.34. The predicted octanol–water partition coefficient (Wildman–Crippen LogP) is 1.69. The lowest BCUT2D eigenvalue weighted by Gasteiger charge is -2.04. The van der Waals surface area contributed by atoms with Gasteiger partial charge in [0.15, 0.2) is 0 Å². The van der Waals surface area contributed by atoms with Crippen LogP contribution in [0, 0.1) is 12.3 Å². The smallest absolute Gasteiger partial charge is 0.258 e. The maximum atomic E-state index is 11.8. The number of aromatic amines is 1. The van der Waals surface area contributed by atoms with Gasteiger partial charge in [-0.05, 0) is 18.2 Å². The molecule has 0 saturated heterocycles. The van der Waals surface area contributed by atoms with Gasteiger partial charge in [0, 0.05) is 18.0 Å². The number of rotatable bonds is 4. The zero-order chi connectivity index (χ0) is 13.0. The molecular formula is C13H12ClN3O. The Kier molecular flexibility index (Phi) is 3.98. The molecule has 0 spiro atoms. The molecule has 0 radical (unpaired) electrons. The predicted molar refractivity (Wildman–Crippen MR) is 72.5 cm³/mol. The van der Waals surface area contributed by atoms with Crippen molar-refractivity contribution in [2.75, 3.05) is 6.54 Å². The van der Waals surface area contributed by atoms with Gasteiger partial charge in [-0.25, -0.2) is 4.98 Å². The summed E-state index contributed by atoms with van der Waals surface area (Å²) in [5.74, 6) is 3.11. The number of nitrogens with one attached hydrogen (secondary N) is 2. The summed E-state index contributed by atoms with van der Waals surface area (Å²) in [5, 5.41) is 4.20. The molecule has 1 aromatic heterocycles. The zero-order valence-corrected chi connectivity index (χ0v) is 10.4. The summed E-state index contributed by atoms with van der Waals surface area (Å²) in [6.07, 6.45) is 5.79. The number of hydrogen-bond donors (Lipinski definition) is 2. The van der Waals surface area contributed by atoms with Crippen LogP contribution in [0.25, 0.3) is 10.9 Å². The molecule has 2 rings (SSSR count). The summed E-state index contributed by atoms with van der Waals surface area (Å²) in [7, 11) is 0. The lowest BCUT2D eigenvalue weighted by atomic mass is 10.2. The lowest BCUT2D eigenvalue weighted by Crippen LogP contribution is -2.20. The van der Waals surface area contributed by atoms with E-state index in [1.807, 2.05) is 0 Å². The van der Waals surface area contributed by atoms with Crippen molar-refractivity contribution in [1.29, 1.82) is 0 Å². The first-order chi connectivity index (χ1) is 8.70. The molecule has 18 heavy (non-hydrogen) atoms. The van der Waals surface area contributed by atoms with Crippen LogP contribution in [0.1, 0.15) is 12.2 Å². The highest BCUT2D eigenvalue weighted by molar-refractivity contribution is 6.31. The molecule has 0 fully saturated rings. The van der Waals surface area contributed by atoms with E-state index in [9.17, 15) is 4.79 Å². The monoisotopic (exact) mass is 261 g/mol. The molecule has 0 aliphatic rings. The topological polar surface area (TPSA) is 57.8 Å². The van der Waals surface area contributed by atoms with Gasteiger partial charge in [-0.15, -0.1) is 12.3 Å². The first kappa shape index (κ1) is 12.6. The van der Waals surface area contributed by atoms with Gasteiger partial charge in [0.05, 0.1) is 17.4 Å². The molecule has 5 heteroatoms. The number of halogens is 1. The van der Waals surface area contributed by atoms with E-state index in [1.54, 1.807) is 18.2 Å². The van der Waals surface area contributed by atoms with Crippen molar-refractivity contribution in [1.82, 2.24) is 15.3 Å². The van der Waals surface area contributed by atoms with Crippen LogP contribution in [0.3, 0.4) is 0 Å². The first-order valence-corrected chi connectivity index (χ1v) is 5.91. The Hall–Kier alpha value is -1.83. The summed E-state index contributed by atoms with van der Waals surface area (Å²) >= 11 is 5.88. The van der Waals surface area contributed by atoms with Crippen molar-refractivity contribution in [2.45, 2.75) is 13.0 Å². The number of aromatic nitrogens is 2. The number of nitrogens with zero attached hydrogens (tertiary/aromatic N) is 1. The number of hydrogen-bond acceptors (Lipinski definition) is 3. The van der Waals surface area contributed by atoms with Crippen LogP contribution < -0.4 is 10.9 Å². The summed E-state index contributed by atoms with van der Waals surface area (Å²) in [6, 6.07) is 5.02. The molecule has 0 saturated carbocycles. The molecule has 1 aromatic carbocycles. The van der Waals surface area contributed by atoms with E-state index in [0.717, 1.165) is 0 Å². The number of H-pyrrole nitrogens is 1. The Morgan fingerprint density at radius 3 is 3.11 bits per heavy atom. The molecule has 0 atom stereocenters. The quantitative estimate of drug-likeness (QED) is 0.650. The summed E-state index contributed by atoms with van der Waals surface area (Å²) < 4.78 is 0. The van der Waals surface area contributed by atoms with Crippen molar-refractivity contribution in [3.8, 4) is 12.3 Å². The molecule has 2 aromatic rings. The van der Waals surface area contributed by atoms with Crippen LogP contribution >= 0.6 is 11.6 Å². The Labute approximate surface area is 109 Å².